The number of carbonyl (C=O) groups is 1. The van der Waals surface area contributed by atoms with Crippen LogP contribution in [0.5, 0.6) is 0 Å². The van der Waals surface area contributed by atoms with Crippen LogP contribution in [0, 0.1) is 0 Å². The number of alkyl halides is 3. The van der Waals surface area contributed by atoms with Crippen LogP contribution >= 0.6 is 0 Å². The van der Waals surface area contributed by atoms with E-state index in [1.54, 1.807) is 0 Å². The zero-order valence-corrected chi connectivity index (χ0v) is 10.5. The molecule has 0 spiro atoms. The zero-order valence-electron chi connectivity index (χ0n) is 9.64. The Hall–Kier alpha value is -1.83. The van der Waals surface area contributed by atoms with E-state index >= 15 is 0 Å². The second-order valence-electron chi connectivity index (χ2n) is 3.37. The number of methoxy groups -OCH3 is 1. The average molecular weight is 294 g/mol. The molecule has 0 radical (unpaired) electrons. The van der Waals surface area contributed by atoms with Crippen molar-refractivity contribution in [1.29, 1.82) is 0 Å². The normalized spacial score (nSPS) is 12.6. The van der Waals surface area contributed by atoms with Gasteiger partial charge in [-0.25, -0.2) is 13.2 Å². The molecule has 4 nitrogen and oxygen atoms in total. The highest BCUT2D eigenvalue weighted by atomic mass is 32.2. The lowest BCUT2D eigenvalue weighted by molar-refractivity contribution is -0.134. The smallest absolute Gasteiger partial charge is 0.466 e. The van der Waals surface area contributed by atoms with E-state index in [1.807, 2.05) is 0 Å². The minimum absolute atomic E-state index is 0.367. The van der Waals surface area contributed by atoms with Crippen LogP contribution in [0.25, 0.3) is 6.08 Å². The fourth-order valence-corrected chi connectivity index (χ4v) is 1.89. The van der Waals surface area contributed by atoms with Gasteiger partial charge in [-0.15, -0.1) is 0 Å². The van der Waals surface area contributed by atoms with Crippen molar-refractivity contribution in [3.8, 4) is 0 Å². The van der Waals surface area contributed by atoms with Crippen LogP contribution in [0.4, 0.5) is 13.2 Å². The highest BCUT2D eigenvalue weighted by Crippen LogP contribution is 2.30. The number of halogens is 3. The van der Waals surface area contributed by atoms with Crippen molar-refractivity contribution in [1.82, 2.24) is 0 Å². The Morgan fingerprint density at radius 2 is 1.74 bits per heavy atom. The van der Waals surface area contributed by atoms with Crippen molar-refractivity contribution in [3.05, 3.63) is 35.9 Å². The quantitative estimate of drug-likeness (QED) is 0.633. The Kier molecular flexibility index (Phi) is 4.35. The van der Waals surface area contributed by atoms with E-state index in [-0.39, 0.29) is 0 Å². The van der Waals surface area contributed by atoms with E-state index < -0.39 is 26.2 Å². The fourth-order valence-electron chi connectivity index (χ4n) is 1.12. The van der Waals surface area contributed by atoms with E-state index in [0.717, 1.165) is 30.3 Å². The van der Waals surface area contributed by atoms with Crippen LogP contribution in [0.2, 0.25) is 0 Å². The van der Waals surface area contributed by atoms with Crippen LogP contribution in [0.15, 0.2) is 35.2 Å². The van der Waals surface area contributed by atoms with Crippen LogP contribution < -0.4 is 0 Å². The average Bonchev–Trinajstić information content (AvgIpc) is 2.35. The number of sulfone groups is 1. The molecule has 0 saturated carbocycles. The molecule has 1 aromatic rings. The lowest BCUT2D eigenvalue weighted by Crippen LogP contribution is -2.23. The van der Waals surface area contributed by atoms with Gasteiger partial charge in [0.15, 0.2) is 0 Å². The third kappa shape index (κ3) is 3.57. The number of carbonyl (C=O) groups excluding carboxylic acids is 1. The molecule has 0 amide bonds. The van der Waals surface area contributed by atoms with Gasteiger partial charge in [-0.3, -0.25) is 0 Å². The number of hydrogen-bond donors (Lipinski definition) is 0. The minimum atomic E-state index is -5.34. The molecule has 0 aliphatic rings. The molecular formula is C11H9F3O4S. The number of rotatable bonds is 3. The summed E-state index contributed by atoms with van der Waals surface area (Å²) in [5, 5.41) is 0. The molecule has 0 aliphatic heterocycles. The molecule has 0 heterocycles. The van der Waals surface area contributed by atoms with E-state index in [1.165, 1.54) is 13.2 Å². The molecule has 0 fully saturated rings. The SMILES string of the molecule is COC(=O)C=Cc1ccc(S(=O)(=O)C(F)(F)F)cc1. The lowest BCUT2D eigenvalue weighted by atomic mass is 10.2. The van der Waals surface area contributed by atoms with Gasteiger partial charge in [0.05, 0.1) is 12.0 Å². The van der Waals surface area contributed by atoms with E-state index in [9.17, 15) is 26.4 Å². The summed E-state index contributed by atoms with van der Waals surface area (Å²) < 4.78 is 63.2. The molecule has 104 valence electrons. The lowest BCUT2D eigenvalue weighted by Gasteiger charge is -2.07. The maximum Gasteiger partial charge on any atom is 0.501 e. The van der Waals surface area contributed by atoms with Gasteiger partial charge in [0.1, 0.15) is 0 Å². The molecule has 1 aromatic carbocycles. The number of hydrogen-bond acceptors (Lipinski definition) is 4. The fraction of sp³-hybridized carbons (Fsp3) is 0.182. The van der Waals surface area contributed by atoms with Gasteiger partial charge in [-0.05, 0) is 23.8 Å². The minimum Gasteiger partial charge on any atom is -0.466 e. The predicted octanol–water partition coefficient (Wildman–Crippen LogP) is 2.17. The highest BCUT2D eigenvalue weighted by Gasteiger charge is 2.46. The first kappa shape index (κ1) is 15.2. The van der Waals surface area contributed by atoms with Gasteiger partial charge in [-0.2, -0.15) is 13.2 Å². The van der Waals surface area contributed by atoms with Crippen molar-refractivity contribution < 1.29 is 31.1 Å². The first-order valence-electron chi connectivity index (χ1n) is 4.86. The van der Waals surface area contributed by atoms with Crippen molar-refractivity contribution >= 4 is 21.9 Å². The molecule has 0 N–H and O–H groups in total. The molecular weight excluding hydrogens is 285 g/mol. The van der Waals surface area contributed by atoms with Gasteiger partial charge < -0.3 is 4.74 Å². The van der Waals surface area contributed by atoms with Gasteiger partial charge >= 0.3 is 11.5 Å². The topological polar surface area (TPSA) is 60.4 Å². The van der Waals surface area contributed by atoms with E-state index in [2.05, 4.69) is 4.74 Å². The first-order valence-corrected chi connectivity index (χ1v) is 6.34. The Bertz CT molecular complexity index is 585. The molecule has 19 heavy (non-hydrogen) atoms. The molecule has 0 bridgehead atoms. The third-order valence-electron chi connectivity index (χ3n) is 2.11. The summed E-state index contributed by atoms with van der Waals surface area (Å²) >= 11 is 0. The summed E-state index contributed by atoms with van der Waals surface area (Å²) in [7, 11) is -4.17. The molecule has 0 atom stereocenters. The van der Waals surface area contributed by atoms with Crippen LogP contribution in [0.1, 0.15) is 5.56 Å². The molecule has 0 aliphatic carbocycles. The Morgan fingerprint density at radius 3 is 2.16 bits per heavy atom. The largest absolute Gasteiger partial charge is 0.501 e. The van der Waals surface area contributed by atoms with Crippen molar-refractivity contribution in [3.63, 3.8) is 0 Å². The number of ether oxygens (including phenoxy) is 1. The van der Waals surface area contributed by atoms with Crippen LogP contribution in [-0.2, 0) is 19.4 Å². The van der Waals surface area contributed by atoms with Gasteiger partial charge in [-0.1, -0.05) is 12.1 Å². The second kappa shape index (κ2) is 5.43. The molecule has 0 unspecified atom stereocenters. The molecule has 8 heteroatoms. The number of benzene rings is 1. The standard InChI is InChI=1S/C11H9F3O4S/c1-18-10(15)7-4-8-2-5-9(6-3-8)19(16,17)11(12,13)14/h2-7H,1H3. The van der Waals surface area contributed by atoms with E-state index in [0.29, 0.717) is 5.56 Å². The molecule has 0 saturated heterocycles. The van der Waals surface area contributed by atoms with Crippen LogP contribution in [-0.4, -0.2) is 27.0 Å². The summed E-state index contributed by atoms with van der Waals surface area (Å²) in [4.78, 5) is 9.94. The maximum atomic E-state index is 12.3. The summed E-state index contributed by atoms with van der Waals surface area (Å²) in [6.45, 7) is 0. The summed E-state index contributed by atoms with van der Waals surface area (Å²) in [6, 6.07) is 3.94. The van der Waals surface area contributed by atoms with Gasteiger partial charge in [0.25, 0.3) is 9.84 Å². The monoisotopic (exact) mass is 294 g/mol. The summed E-state index contributed by atoms with van der Waals surface area (Å²) in [5.41, 5.74) is -4.97. The van der Waals surface area contributed by atoms with Gasteiger partial charge in [0, 0.05) is 6.08 Å². The van der Waals surface area contributed by atoms with Crippen molar-refractivity contribution in [2.24, 2.45) is 0 Å². The Balaban J connectivity index is 3.01. The predicted molar refractivity (Wildman–Crippen MR) is 60.7 cm³/mol. The van der Waals surface area contributed by atoms with Crippen LogP contribution in [0.3, 0.4) is 0 Å². The van der Waals surface area contributed by atoms with Crippen molar-refractivity contribution in [2.75, 3.05) is 7.11 Å². The summed E-state index contributed by atoms with van der Waals surface area (Å²) in [5.74, 6) is -0.632. The Morgan fingerprint density at radius 1 is 1.21 bits per heavy atom. The zero-order chi connectivity index (χ0) is 14.7. The highest BCUT2D eigenvalue weighted by molar-refractivity contribution is 7.92. The van der Waals surface area contributed by atoms with Crippen molar-refractivity contribution in [2.45, 2.75) is 10.4 Å². The second-order valence-corrected chi connectivity index (χ2v) is 5.32. The van der Waals surface area contributed by atoms with E-state index in [4.69, 9.17) is 0 Å². The third-order valence-corrected chi connectivity index (χ3v) is 3.61. The molecule has 0 aromatic heterocycles. The first-order chi connectivity index (χ1) is 8.68. The van der Waals surface area contributed by atoms with Gasteiger partial charge in [0.2, 0.25) is 0 Å². The maximum absolute atomic E-state index is 12.3. The Labute approximate surface area is 107 Å². The number of esters is 1. The molecule has 1 rings (SSSR count). The summed E-state index contributed by atoms with van der Waals surface area (Å²) in [6.07, 6.45) is 2.35.